The summed E-state index contributed by atoms with van der Waals surface area (Å²) in [6.07, 6.45) is 6.39. The highest BCUT2D eigenvalue weighted by Gasteiger charge is 2.26. The molecule has 0 saturated heterocycles. The molecule has 0 atom stereocenters. The molecule has 1 aliphatic rings. The Bertz CT molecular complexity index is 479. The first-order chi connectivity index (χ1) is 10.0. The van der Waals surface area contributed by atoms with Crippen LogP contribution in [-0.4, -0.2) is 19.0 Å². The maximum atomic E-state index is 12.0. The first-order valence-corrected chi connectivity index (χ1v) is 8.20. The lowest BCUT2D eigenvalue weighted by Gasteiger charge is -2.33. The molecule has 1 aliphatic carbocycles. The van der Waals surface area contributed by atoms with E-state index in [1.807, 2.05) is 0 Å². The third-order valence-corrected chi connectivity index (χ3v) is 4.76. The van der Waals surface area contributed by atoms with Crippen molar-refractivity contribution in [1.29, 1.82) is 0 Å². The Morgan fingerprint density at radius 1 is 1.19 bits per heavy atom. The van der Waals surface area contributed by atoms with Crippen molar-refractivity contribution in [3.8, 4) is 0 Å². The van der Waals surface area contributed by atoms with Gasteiger partial charge in [-0.25, -0.2) is 0 Å². The van der Waals surface area contributed by atoms with E-state index in [0.717, 1.165) is 6.54 Å². The molecule has 1 amide bonds. The lowest BCUT2D eigenvalue weighted by atomic mass is 9.76. The van der Waals surface area contributed by atoms with E-state index >= 15 is 0 Å². The smallest absolute Gasteiger partial charge is 0.238 e. The Morgan fingerprint density at radius 3 is 2.43 bits per heavy atom. The van der Waals surface area contributed by atoms with Gasteiger partial charge in [0.2, 0.25) is 5.91 Å². The lowest BCUT2D eigenvalue weighted by molar-refractivity contribution is -0.115. The van der Waals surface area contributed by atoms with E-state index in [-0.39, 0.29) is 12.5 Å². The summed E-state index contributed by atoms with van der Waals surface area (Å²) < 4.78 is 0. The molecule has 0 unspecified atom stereocenters. The topological polar surface area (TPSA) is 41.1 Å². The average molecular weight is 329 g/mol. The zero-order chi connectivity index (χ0) is 15.3. The maximum absolute atomic E-state index is 12.0. The second-order valence-corrected chi connectivity index (χ2v) is 6.93. The summed E-state index contributed by atoms with van der Waals surface area (Å²) in [5.74, 6) is -0.121. The molecule has 0 radical (unpaired) electrons. The minimum atomic E-state index is -0.121. The van der Waals surface area contributed by atoms with Crippen molar-refractivity contribution in [2.24, 2.45) is 5.41 Å². The van der Waals surface area contributed by atoms with Gasteiger partial charge >= 0.3 is 0 Å². The van der Waals surface area contributed by atoms with Crippen LogP contribution < -0.4 is 10.6 Å². The Hall–Kier alpha value is -0.770. The number of benzene rings is 1. The summed E-state index contributed by atoms with van der Waals surface area (Å²) in [6.45, 7) is 3.44. The summed E-state index contributed by atoms with van der Waals surface area (Å²) in [6, 6.07) is 5.17. The SMILES string of the molecule is CC1(CNCC(=O)Nc2c(Cl)cccc2Cl)CCCCC1. The third-order valence-electron chi connectivity index (χ3n) is 4.13. The summed E-state index contributed by atoms with van der Waals surface area (Å²) in [5, 5.41) is 6.93. The van der Waals surface area contributed by atoms with Gasteiger partial charge in [0.25, 0.3) is 0 Å². The van der Waals surface area contributed by atoms with Crippen LogP contribution in [0.15, 0.2) is 18.2 Å². The van der Waals surface area contributed by atoms with Gasteiger partial charge in [-0.3, -0.25) is 4.79 Å². The van der Waals surface area contributed by atoms with Gasteiger partial charge in [0.15, 0.2) is 0 Å². The van der Waals surface area contributed by atoms with Crippen LogP contribution in [0.5, 0.6) is 0 Å². The van der Waals surface area contributed by atoms with Crippen molar-refractivity contribution >= 4 is 34.8 Å². The second kappa shape index (κ2) is 7.48. The Labute approximate surface area is 136 Å². The van der Waals surface area contributed by atoms with Gasteiger partial charge in [-0.1, -0.05) is 55.5 Å². The molecule has 3 nitrogen and oxygen atoms in total. The molecule has 1 aromatic rings. The molecule has 0 aromatic heterocycles. The molecule has 5 heteroatoms. The molecule has 116 valence electrons. The highest BCUT2D eigenvalue weighted by molar-refractivity contribution is 6.39. The molecule has 0 aliphatic heterocycles. The normalized spacial score (nSPS) is 17.5. The molecular formula is C16H22Cl2N2O. The summed E-state index contributed by atoms with van der Waals surface area (Å²) >= 11 is 12.1. The van der Waals surface area contributed by atoms with Crippen LogP contribution in [0.25, 0.3) is 0 Å². The van der Waals surface area contributed by atoms with Crippen LogP contribution in [0.1, 0.15) is 39.0 Å². The number of rotatable bonds is 5. The number of carbonyl (C=O) groups is 1. The van der Waals surface area contributed by atoms with E-state index in [1.54, 1.807) is 18.2 Å². The highest BCUT2D eigenvalue weighted by atomic mass is 35.5. The van der Waals surface area contributed by atoms with Gasteiger partial charge in [-0.2, -0.15) is 0 Å². The van der Waals surface area contributed by atoms with Crippen LogP contribution in [0.3, 0.4) is 0 Å². The summed E-state index contributed by atoms with van der Waals surface area (Å²) in [5.41, 5.74) is 0.803. The van der Waals surface area contributed by atoms with E-state index in [1.165, 1.54) is 32.1 Å². The molecule has 0 bridgehead atoms. The molecule has 2 rings (SSSR count). The van der Waals surface area contributed by atoms with Gasteiger partial charge in [-0.05, 0) is 30.4 Å². The molecule has 21 heavy (non-hydrogen) atoms. The van der Waals surface area contributed by atoms with Crippen LogP contribution >= 0.6 is 23.2 Å². The van der Waals surface area contributed by atoms with Crippen molar-refractivity contribution in [2.75, 3.05) is 18.4 Å². The first-order valence-electron chi connectivity index (χ1n) is 7.45. The zero-order valence-corrected chi connectivity index (χ0v) is 13.9. The second-order valence-electron chi connectivity index (χ2n) is 6.12. The van der Waals surface area contributed by atoms with Crippen molar-refractivity contribution in [3.63, 3.8) is 0 Å². The number of nitrogens with one attached hydrogen (secondary N) is 2. The van der Waals surface area contributed by atoms with Crippen LogP contribution in [0, 0.1) is 5.41 Å². The van der Waals surface area contributed by atoms with Crippen LogP contribution in [-0.2, 0) is 4.79 Å². The minimum Gasteiger partial charge on any atom is -0.322 e. The lowest BCUT2D eigenvalue weighted by Crippen LogP contribution is -2.37. The zero-order valence-electron chi connectivity index (χ0n) is 12.3. The molecule has 1 saturated carbocycles. The minimum absolute atomic E-state index is 0.121. The number of hydrogen-bond donors (Lipinski definition) is 2. The molecule has 1 aromatic carbocycles. The predicted octanol–water partition coefficient (Wildman–Crippen LogP) is 4.49. The first kappa shape index (κ1) is 16.6. The van der Waals surface area contributed by atoms with Crippen LogP contribution in [0.2, 0.25) is 10.0 Å². The van der Waals surface area contributed by atoms with E-state index in [2.05, 4.69) is 17.6 Å². The molecule has 1 fully saturated rings. The van der Waals surface area contributed by atoms with Crippen LogP contribution in [0.4, 0.5) is 5.69 Å². The van der Waals surface area contributed by atoms with Gasteiger partial charge in [0.1, 0.15) is 0 Å². The number of anilines is 1. The predicted molar refractivity (Wildman–Crippen MR) is 89.2 cm³/mol. The fourth-order valence-corrected chi connectivity index (χ4v) is 3.35. The van der Waals surface area contributed by atoms with Gasteiger partial charge in [-0.15, -0.1) is 0 Å². The summed E-state index contributed by atoms with van der Waals surface area (Å²) in [7, 11) is 0. The third kappa shape index (κ3) is 4.87. The molecule has 2 N–H and O–H groups in total. The number of halogens is 2. The van der Waals surface area contributed by atoms with Crippen molar-refractivity contribution < 1.29 is 4.79 Å². The molecule has 0 heterocycles. The van der Waals surface area contributed by atoms with E-state index in [0.29, 0.717) is 21.1 Å². The number of carbonyl (C=O) groups excluding carboxylic acids is 1. The van der Waals surface area contributed by atoms with Gasteiger partial charge < -0.3 is 10.6 Å². The van der Waals surface area contributed by atoms with E-state index in [9.17, 15) is 4.79 Å². The molecular weight excluding hydrogens is 307 g/mol. The van der Waals surface area contributed by atoms with E-state index in [4.69, 9.17) is 23.2 Å². The van der Waals surface area contributed by atoms with Crippen molar-refractivity contribution in [3.05, 3.63) is 28.2 Å². The van der Waals surface area contributed by atoms with Crippen molar-refractivity contribution in [2.45, 2.75) is 39.0 Å². The largest absolute Gasteiger partial charge is 0.322 e. The van der Waals surface area contributed by atoms with Gasteiger partial charge in [0.05, 0.1) is 22.3 Å². The Morgan fingerprint density at radius 2 is 1.81 bits per heavy atom. The maximum Gasteiger partial charge on any atom is 0.238 e. The molecule has 0 spiro atoms. The summed E-state index contributed by atoms with van der Waals surface area (Å²) in [4.78, 5) is 12.0. The van der Waals surface area contributed by atoms with Crippen molar-refractivity contribution in [1.82, 2.24) is 5.32 Å². The fraction of sp³-hybridized carbons (Fsp3) is 0.562. The highest BCUT2D eigenvalue weighted by Crippen LogP contribution is 2.35. The number of hydrogen-bond acceptors (Lipinski definition) is 2. The average Bonchev–Trinajstić information content (AvgIpc) is 2.44. The van der Waals surface area contributed by atoms with E-state index < -0.39 is 0 Å². The number of para-hydroxylation sites is 1. The Kier molecular flexibility index (Phi) is 5.91. The van der Waals surface area contributed by atoms with Gasteiger partial charge in [0, 0.05) is 6.54 Å². The number of amides is 1. The quantitative estimate of drug-likeness (QED) is 0.835. The standard InChI is InChI=1S/C16H22Cl2N2O/c1-16(8-3-2-4-9-16)11-19-10-14(21)20-15-12(17)6-5-7-13(15)18/h5-7,19H,2-4,8-11H2,1H3,(H,20,21). The Balaban J connectivity index is 1.80. The monoisotopic (exact) mass is 328 g/mol. The fourth-order valence-electron chi connectivity index (χ4n) is 2.86.